The number of carbonyl (C=O) groups is 1. The number of hydrogen-bond donors (Lipinski definition) is 0. The number of fused-ring (bicyclic) bond motifs is 1. The highest BCUT2D eigenvalue weighted by Crippen LogP contribution is 2.30. The van der Waals surface area contributed by atoms with E-state index in [1.54, 1.807) is 0 Å². The maximum Gasteiger partial charge on any atom is 0.254 e. The van der Waals surface area contributed by atoms with Gasteiger partial charge in [-0.05, 0) is 47.9 Å². The van der Waals surface area contributed by atoms with Crippen LogP contribution in [0.3, 0.4) is 0 Å². The summed E-state index contributed by atoms with van der Waals surface area (Å²) >= 11 is 0. The maximum absolute atomic E-state index is 13.0. The molecule has 1 aliphatic rings. The van der Waals surface area contributed by atoms with Gasteiger partial charge in [0.1, 0.15) is 0 Å². The molecule has 0 bridgehead atoms. The van der Waals surface area contributed by atoms with E-state index < -0.39 is 0 Å². The molecule has 0 aliphatic heterocycles. The van der Waals surface area contributed by atoms with Crippen molar-refractivity contribution in [1.82, 2.24) is 9.47 Å². The monoisotopic (exact) mass is 304 g/mol. The normalized spacial score (nSPS) is 14.1. The van der Waals surface area contributed by atoms with Crippen LogP contribution in [-0.4, -0.2) is 21.4 Å². The first-order valence-corrected chi connectivity index (χ1v) is 8.12. The molecule has 1 heterocycles. The van der Waals surface area contributed by atoms with E-state index in [2.05, 4.69) is 22.8 Å². The fourth-order valence-electron chi connectivity index (χ4n) is 3.08. The average molecular weight is 304 g/mol. The van der Waals surface area contributed by atoms with Crippen LogP contribution in [0.1, 0.15) is 28.9 Å². The Hall–Kier alpha value is -2.55. The van der Waals surface area contributed by atoms with Crippen molar-refractivity contribution in [3.63, 3.8) is 0 Å². The molecule has 0 saturated heterocycles. The lowest BCUT2D eigenvalue weighted by atomic mass is 10.1. The largest absolute Gasteiger partial charge is 0.353 e. The second-order valence-corrected chi connectivity index (χ2v) is 6.34. The van der Waals surface area contributed by atoms with E-state index in [1.165, 1.54) is 11.1 Å². The van der Waals surface area contributed by atoms with Crippen LogP contribution in [-0.2, 0) is 13.6 Å². The lowest BCUT2D eigenvalue weighted by Crippen LogP contribution is -2.33. The molecule has 4 rings (SSSR count). The Kier molecular flexibility index (Phi) is 3.41. The van der Waals surface area contributed by atoms with E-state index in [1.807, 2.05) is 54.5 Å². The van der Waals surface area contributed by atoms with Gasteiger partial charge in [-0.2, -0.15) is 0 Å². The first-order valence-electron chi connectivity index (χ1n) is 8.12. The Balaban J connectivity index is 1.65. The molecule has 1 amide bonds. The number of nitrogens with zero attached hydrogens (tertiary/aromatic N) is 2. The van der Waals surface area contributed by atoms with E-state index in [4.69, 9.17) is 0 Å². The summed E-state index contributed by atoms with van der Waals surface area (Å²) in [6.07, 6.45) is 4.26. The molecule has 0 spiro atoms. The standard InChI is InChI=1S/C20H20N2O/c1-21-12-4-7-19(21)14-22(18-10-11-18)20(23)17-9-8-15-5-2-3-6-16(15)13-17/h2-9,12-13,18H,10-11,14H2,1H3. The van der Waals surface area contributed by atoms with Gasteiger partial charge in [0, 0.05) is 30.5 Å². The van der Waals surface area contributed by atoms with Gasteiger partial charge >= 0.3 is 0 Å². The molecule has 1 saturated carbocycles. The predicted octanol–water partition coefficient (Wildman–Crippen LogP) is 3.98. The highest BCUT2D eigenvalue weighted by Gasteiger charge is 2.33. The first-order chi connectivity index (χ1) is 11.2. The highest BCUT2D eigenvalue weighted by molar-refractivity contribution is 5.98. The van der Waals surface area contributed by atoms with Crippen molar-refractivity contribution in [2.45, 2.75) is 25.4 Å². The van der Waals surface area contributed by atoms with Gasteiger partial charge in [-0.25, -0.2) is 0 Å². The van der Waals surface area contributed by atoms with Crippen molar-refractivity contribution in [1.29, 1.82) is 0 Å². The molecule has 1 fully saturated rings. The number of aryl methyl sites for hydroxylation is 1. The van der Waals surface area contributed by atoms with Crippen LogP contribution < -0.4 is 0 Å². The lowest BCUT2D eigenvalue weighted by molar-refractivity contribution is 0.0726. The fraction of sp³-hybridized carbons (Fsp3) is 0.250. The molecule has 3 heteroatoms. The molecule has 23 heavy (non-hydrogen) atoms. The Morgan fingerprint density at radius 1 is 1.09 bits per heavy atom. The zero-order valence-electron chi connectivity index (χ0n) is 13.3. The maximum atomic E-state index is 13.0. The quantitative estimate of drug-likeness (QED) is 0.715. The smallest absolute Gasteiger partial charge is 0.254 e. The summed E-state index contributed by atoms with van der Waals surface area (Å²) in [5.74, 6) is 0.138. The molecule has 3 nitrogen and oxygen atoms in total. The average Bonchev–Trinajstić information content (AvgIpc) is 3.34. The van der Waals surface area contributed by atoms with Crippen molar-refractivity contribution in [3.05, 3.63) is 72.1 Å². The first kappa shape index (κ1) is 14.1. The minimum atomic E-state index is 0.138. The number of aromatic nitrogens is 1. The third-order valence-electron chi connectivity index (χ3n) is 4.63. The molecular weight excluding hydrogens is 284 g/mol. The van der Waals surface area contributed by atoms with Gasteiger partial charge in [0.2, 0.25) is 0 Å². The van der Waals surface area contributed by atoms with Crippen LogP contribution in [0.2, 0.25) is 0 Å². The van der Waals surface area contributed by atoms with E-state index in [-0.39, 0.29) is 5.91 Å². The number of benzene rings is 2. The van der Waals surface area contributed by atoms with Crippen LogP contribution in [0.25, 0.3) is 10.8 Å². The molecule has 0 atom stereocenters. The van der Waals surface area contributed by atoms with Crippen molar-refractivity contribution in [3.8, 4) is 0 Å². The number of hydrogen-bond acceptors (Lipinski definition) is 1. The van der Waals surface area contributed by atoms with Crippen LogP contribution in [0.15, 0.2) is 60.8 Å². The molecule has 3 aromatic rings. The summed E-state index contributed by atoms with van der Waals surface area (Å²) < 4.78 is 2.09. The van der Waals surface area contributed by atoms with Gasteiger partial charge in [-0.15, -0.1) is 0 Å². The minimum Gasteiger partial charge on any atom is -0.353 e. The molecule has 1 aromatic heterocycles. The van der Waals surface area contributed by atoms with Crippen LogP contribution >= 0.6 is 0 Å². The SMILES string of the molecule is Cn1cccc1CN(C(=O)c1ccc2ccccc2c1)C1CC1. The number of rotatable bonds is 4. The third-order valence-corrected chi connectivity index (χ3v) is 4.63. The molecule has 2 aromatic carbocycles. The Morgan fingerprint density at radius 2 is 1.87 bits per heavy atom. The van der Waals surface area contributed by atoms with E-state index in [0.717, 1.165) is 23.8 Å². The van der Waals surface area contributed by atoms with Crippen molar-refractivity contribution >= 4 is 16.7 Å². The highest BCUT2D eigenvalue weighted by atomic mass is 16.2. The van der Waals surface area contributed by atoms with Crippen molar-refractivity contribution < 1.29 is 4.79 Å². The van der Waals surface area contributed by atoms with E-state index in [9.17, 15) is 4.79 Å². The molecule has 1 aliphatic carbocycles. The fourth-order valence-corrected chi connectivity index (χ4v) is 3.08. The third kappa shape index (κ3) is 2.74. The van der Waals surface area contributed by atoms with Crippen molar-refractivity contribution in [2.75, 3.05) is 0 Å². The van der Waals surface area contributed by atoms with Gasteiger partial charge in [-0.1, -0.05) is 30.3 Å². The zero-order valence-corrected chi connectivity index (χ0v) is 13.3. The van der Waals surface area contributed by atoms with Gasteiger partial charge in [0.15, 0.2) is 0 Å². The second-order valence-electron chi connectivity index (χ2n) is 6.34. The Bertz CT molecular complexity index is 861. The Morgan fingerprint density at radius 3 is 2.57 bits per heavy atom. The minimum absolute atomic E-state index is 0.138. The van der Waals surface area contributed by atoms with Crippen molar-refractivity contribution in [2.24, 2.45) is 7.05 Å². The molecule has 116 valence electrons. The molecule has 0 radical (unpaired) electrons. The number of carbonyl (C=O) groups excluding carboxylic acids is 1. The van der Waals surface area contributed by atoms with E-state index >= 15 is 0 Å². The van der Waals surface area contributed by atoms with Crippen LogP contribution in [0.5, 0.6) is 0 Å². The summed E-state index contributed by atoms with van der Waals surface area (Å²) in [5, 5.41) is 2.29. The molecule has 0 unspecified atom stereocenters. The van der Waals surface area contributed by atoms with Crippen LogP contribution in [0.4, 0.5) is 0 Å². The summed E-state index contributed by atoms with van der Waals surface area (Å²) in [6.45, 7) is 0.680. The van der Waals surface area contributed by atoms with E-state index in [0.29, 0.717) is 12.6 Å². The summed E-state index contributed by atoms with van der Waals surface area (Å²) in [6, 6.07) is 18.7. The van der Waals surface area contributed by atoms with Crippen LogP contribution in [0, 0.1) is 0 Å². The topological polar surface area (TPSA) is 25.2 Å². The Labute approximate surface area is 136 Å². The summed E-state index contributed by atoms with van der Waals surface area (Å²) in [7, 11) is 2.03. The molecule has 0 N–H and O–H groups in total. The summed E-state index contributed by atoms with van der Waals surface area (Å²) in [5.41, 5.74) is 1.95. The van der Waals surface area contributed by atoms with Gasteiger partial charge in [0.05, 0.1) is 6.54 Å². The van der Waals surface area contributed by atoms with Gasteiger partial charge < -0.3 is 9.47 Å². The second kappa shape index (κ2) is 5.58. The van der Waals surface area contributed by atoms with Gasteiger partial charge in [-0.3, -0.25) is 4.79 Å². The van der Waals surface area contributed by atoms with Gasteiger partial charge in [0.25, 0.3) is 5.91 Å². The number of amides is 1. The lowest BCUT2D eigenvalue weighted by Gasteiger charge is -2.23. The predicted molar refractivity (Wildman–Crippen MR) is 92.3 cm³/mol. The zero-order chi connectivity index (χ0) is 15.8. The summed E-state index contributed by atoms with van der Waals surface area (Å²) in [4.78, 5) is 15.1. The molecular formula is C20H20N2O.